The third-order valence-corrected chi connectivity index (χ3v) is 5.47. The minimum atomic E-state index is -0.940. The summed E-state index contributed by atoms with van der Waals surface area (Å²) >= 11 is 0. The number of rotatable bonds is 5. The molecule has 1 atom stereocenters. The number of ether oxygens (including phenoxy) is 1. The Hall–Kier alpha value is -3.15. The zero-order chi connectivity index (χ0) is 19.7. The summed E-state index contributed by atoms with van der Waals surface area (Å²) in [5.41, 5.74) is 1.78. The van der Waals surface area contributed by atoms with Gasteiger partial charge in [-0.2, -0.15) is 0 Å². The van der Waals surface area contributed by atoms with Gasteiger partial charge in [0.05, 0.1) is 13.2 Å². The van der Waals surface area contributed by atoms with Gasteiger partial charge in [-0.15, -0.1) is 0 Å². The molecule has 1 N–H and O–H groups in total. The molecule has 144 valence electrons. The quantitative estimate of drug-likeness (QED) is 0.641. The monoisotopic (exact) mass is 378 g/mol. The average Bonchev–Trinajstić information content (AvgIpc) is 2.92. The van der Waals surface area contributed by atoms with E-state index in [9.17, 15) is 14.4 Å². The molecule has 1 fully saturated rings. The summed E-state index contributed by atoms with van der Waals surface area (Å²) in [5.74, 6) is 0.0833. The minimum absolute atomic E-state index is 0.262. The van der Waals surface area contributed by atoms with Gasteiger partial charge in [-0.25, -0.2) is 4.79 Å². The number of ketones is 1. The predicted octanol–water partition coefficient (Wildman–Crippen LogP) is 2.75. The maximum Gasteiger partial charge on any atom is 0.325 e. The molecule has 2 aromatic carbocycles. The Morgan fingerprint density at radius 2 is 1.82 bits per heavy atom. The van der Waals surface area contributed by atoms with Crippen molar-refractivity contribution < 1.29 is 19.1 Å². The van der Waals surface area contributed by atoms with Crippen LogP contribution in [0.3, 0.4) is 0 Å². The van der Waals surface area contributed by atoms with E-state index in [1.807, 2.05) is 25.1 Å². The van der Waals surface area contributed by atoms with Gasteiger partial charge >= 0.3 is 6.03 Å². The number of amides is 3. The molecule has 0 bridgehead atoms. The zero-order valence-electron chi connectivity index (χ0n) is 15.7. The van der Waals surface area contributed by atoms with Gasteiger partial charge in [-0.3, -0.25) is 14.5 Å². The predicted molar refractivity (Wildman–Crippen MR) is 103 cm³/mol. The number of urea groups is 1. The molecule has 6 heteroatoms. The van der Waals surface area contributed by atoms with E-state index in [0.29, 0.717) is 30.8 Å². The molecule has 0 radical (unpaired) electrons. The molecule has 1 aliphatic heterocycles. The number of carbonyl (C=O) groups is 3. The third-order valence-electron chi connectivity index (χ3n) is 5.47. The smallest absolute Gasteiger partial charge is 0.325 e. The lowest BCUT2D eigenvalue weighted by Gasteiger charge is -2.32. The molecule has 4 rings (SSSR count). The van der Waals surface area contributed by atoms with Crippen LogP contribution in [0.1, 0.15) is 34.8 Å². The molecular weight excluding hydrogens is 356 g/mol. The second-order valence-corrected chi connectivity index (χ2v) is 7.23. The van der Waals surface area contributed by atoms with E-state index in [0.717, 1.165) is 16.9 Å². The molecule has 1 saturated heterocycles. The van der Waals surface area contributed by atoms with Crippen molar-refractivity contribution >= 4 is 17.7 Å². The second-order valence-electron chi connectivity index (χ2n) is 7.23. The van der Waals surface area contributed by atoms with Crippen LogP contribution in [-0.4, -0.2) is 41.3 Å². The fourth-order valence-electron chi connectivity index (χ4n) is 3.98. The van der Waals surface area contributed by atoms with Crippen LogP contribution in [0.5, 0.6) is 5.75 Å². The second kappa shape index (κ2) is 7.11. The molecule has 0 aromatic heterocycles. The highest BCUT2D eigenvalue weighted by molar-refractivity contribution is 6.11. The van der Waals surface area contributed by atoms with Crippen LogP contribution in [0.2, 0.25) is 0 Å². The average molecular weight is 378 g/mol. The first kappa shape index (κ1) is 18.2. The molecular formula is C22H22N2O4. The van der Waals surface area contributed by atoms with Crippen molar-refractivity contribution in [2.75, 3.05) is 13.2 Å². The van der Waals surface area contributed by atoms with Gasteiger partial charge in [-0.1, -0.05) is 24.3 Å². The van der Waals surface area contributed by atoms with Gasteiger partial charge in [0.2, 0.25) is 0 Å². The number of hydrogen-bond donors (Lipinski definition) is 1. The van der Waals surface area contributed by atoms with E-state index < -0.39 is 11.6 Å². The van der Waals surface area contributed by atoms with Crippen LogP contribution in [0, 0.1) is 0 Å². The lowest BCUT2D eigenvalue weighted by Crippen LogP contribution is -2.51. The molecule has 28 heavy (non-hydrogen) atoms. The van der Waals surface area contributed by atoms with Crippen LogP contribution in [-0.2, 0) is 17.6 Å². The molecule has 2 aromatic rings. The number of imide groups is 1. The van der Waals surface area contributed by atoms with Gasteiger partial charge in [0.15, 0.2) is 5.78 Å². The van der Waals surface area contributed by atoms with Gasteiger partial charge in [0, 0.05) is 12.0 Å². The highest BCUT2D eigenvalue weighted by Gasteiger charge is 2.52. The number of hydrogen-bond acceptors (Lipinski definition) is 4. The summed E-state index contributed by atoms with van der Waals surface area (Å²) in [5, 5.41) is 2.86. The molecule has 2 aliphatic rings. The lowest BCUT2D eigenvalue weighted by molar-refractivity contribution is -0.131. The number of benzene rings is 2. The SMILES string of the molecule is CCOc1ccc(C(=O)CN2C(=O)NC3(CCc4ccccc4C3)C2=O)cc1. The van der Waals surface area contributed by atoms with E-state index in [1.165, 1.54) is 5.56 Å². The zero-order valence-corrected chi connectivity index (χ0v) is 15.7. The molecule has 1 unspecified atom stereocenters. The highest BCUT2D eigenvalue weighted by Crippen LogP contribution is 2.33. The molecule has 1 aliphatic carbocycles. The Morgan fingerprint density at radius 3 is 2.54 bits per heavy atom. The summed E-state index contributed by atoms with van der Waals surface area (Å²) in [7, 11) is 0. The Bertz CT molecular complexity index is 938. The van der Waals surface area contributed by atoms with Crippen molar-refractivity contribution in [3.63, 3.8) is 0 Å². The molecule has 1 spiro atoms. The number of fused-ring (bicyclic) bond motifs is 1. The summed E-state index contributed by atoms with van der Waals surface area (Å²) in [4.78, 5) is 39.2. The highest BCUT2D eigenvalue weighted by atomic mass is 16.5. The topological polar surface area (TPSA) is 75.7 Å². The van der Waals surface area contributed by atoms with Crippen molar-refractivity contribution in [3.8, 4) is 5.75 Å². The first-order valence-electron chi connectivity index (χ1n) is 9.49. The Kier molecular flexibility index (Phi) is 4.63. The molecule has 1 heterocycles. The van der Waals surface area contributed by atoms with Gasteiger partial charge in [0.25, 0.3) is 5.91 Å². The van der Waals surface area contributed by atoms with E-state index in [-0.39, 0.29) is 18.2 Å². The van der Waals surface area contributed by atoms with Crippen molar-refractivity contribution in [1.29, 1.82) is 0 Å². The van der Waals surface area contributed by atoms with E-state index >= 15 is 0 Å². The normalized spacial score (nSPS) is 20.8. The maximum atomic E-state index is 13.1. The van der Waals surface area contributed by atoms with Crippen LogP contribution in [0.25, 0.3) is 0 Å². The summed E-state index contributed by atoms with van der Waals surface area (Å²) in [6.07, 6.45) is 1.73. The largest absolute Gasteiger partial charge is 0.494 e. The van der Waals surface area contributed by atoms with Crippen LogP contribution < -0.4 is 10.1 Å². The third kappa shape index (κ3) is 3.15. The maximum absolute atomic E-state index is 13.1. The number of carbonyl (C=O) groups excluding carboxylic acids is 3. The Morgan fingerprint density at radius 1 is 1.11 bits per heavy atom. The van der Waals surface area contributed by atoms with Crippen molar-refractivity contribution in [3.05, 3.63) is 65.2 Å². The van der Waals surface area contributed by atoms with E-state index in [4.69, 9.17) is 4.74 Å². The van der Waals surface area contributed by atoms with Gasteiger partial charge < -0.3 is 10.1 Å². The lowest BCUT2D eigenvalue weighted by atomic mass is 9.78. The number of nitrogens with zero attached hydrogens (tertiary/aromatic N) is 1. The van der Waals surface area contributed by atoms with E-state index in [1.54, 1.807) is 24.3 Å². The molecule has 6 nitrogen and oxygen atoms in total. The summed E-state index contributed by atoms with van der Waals surface area (Å²) in [6, 6.07) is 14.2. The molecule has 0 saturated carbocycles. The van der Waals surface area contributed by atoms with Crippen LogP contribution >= 0.6 is 0 Å². The minimum Gasteiger partial charge on any atom is -0.494 e. The Labute approximate surface area is 163 Å². The van der Waals surface area contributed by atoms with Crippen molar-refractivity contribution in [1.82, 2.24) is 10.2 Å². The van der Waals surface area contributed by atoms with Crippen LogP contribution in [0.15, 0.2) is 48.5 Å². The van der Waals surface area contributed by atoms with Crippen molar-refractivity contribution in [2.24, 2.45) is 0 Å². The fraction of sp³-hybridized carbons (Fsp3) is 0.318. The molecule has 3 amide bonds. The van der Waals surface area contributed by atoms with Crippen LogP contribution in [0.4, 0.5) is 4.79 Å². The van der Waals surface area contributed by atoms with Crippen molar-refractivity contribution in [2.45, 2.75) is 31.7 Å². The fourth-order valence-corrected chi connectivity index (χ4v) is 3.98. The van der Waals surface area contributed by atoms with Gasteiger partial charge in [-0.05, 0) is 55.2 Å². The first-order chi connectivity index (χ1) is 13.5. The first-order valence-corrected chi connectivity index (χ1v) is 9.49. The summed E-state index contributed by atoms with van der Waals surface area (Å²) < 4.78 is 5.37. The van der Waals surface area contributed by atoms with E-state index in [2.05, 4.69) is 11.4 Å². The number of nitrogens with one attached hydrogen (secondary N) is 1. The number of aryl methyl sites for hydroxylation is 1. The summed E-state index contributed by atoms with van der Waals surface area (Å²) in [6.45, 7) is 2.17. The standard InChI is InChI=1S/C22H22N2O4/c1-2-28-18-9-7-16(8-10-18)19(25)14-24-20(26)22(23-21(24)27)12-11-15-5-3-4-6-17(15)13-22/h3-10H,2,11-14H2,1H3,(H,23,27). The Balaban J connectivity index is 1.49. The van der Waals surface area contributed by atoms with Gasteiger partial charge in [0.1, 0.15) is 11.3 Å². The number of Topliss-reactive ketones (excluding diaryl/α,β-unsaturated/α-hetero) is 1.